The molecule has 10 heteroatoms. The summed E-state index contributed by atoms with van der Waals surface area (Å²) in [7, 11) is 0. The van der Waals surface area contributed by atoms with E-state index in [9.17, 15) is 19.2 Å². The Hall–Kier alpha value is -3.82. The second-order valence-corrected chi connectivity index (χ2v) is 8.14. The standard InChI is InChI=1S/C24H27N3O7/c1-4-25-7-8-26(24(31)23(25)30)13-22(29)34-14-19(28)18-11-15(2)27(16(18)3)17-5-6-20-21(12-17)33-10-9-32-20/h5-6,11-12H,4,7-10,13-14H2,1-3H3. The number of carbonyl (C=O) groups excluding carboxylic acids is 4. The maximum absolute atomic E-state index is 12.8. The molecule has 2 aliphatic heterocycles. The molecule has 1 aromatic heterocycles. The number of hydrogen-bond acceptors (Lipinski definition) is 7. The highest BCUT2D eigenvalue weighted by molar-refractivity contribution is 6.35. The zero-order valence-electron chi connectivity index (χ0n) is 19.5. The Balaban J connectivity index is 1.40. The number of benzene rings is 1. The van der Waals surface area contributed by atoms with Crippen LogP contribution in [0.5, 0.6) is 11.5 Å². The molecular formula is C24H27N3O7. The van der Waals surface area contributed by atoms with Gasteiger partial charge in [-0.25, -0.2) is 0 Å². The first-order chi connectivity index (χ1) is 16.3. The summed E-state index contributed by atoms with van der Waals surface area (Å²) in [6, 6.07) is 7.32. The van der Waals surface area contributed by atoms with Crippen LogP contribution >= 0.6 is 0 Å². The molecule has 0 unspecified atom stereocenters. The SMILES string of the molecule is CCN1CCN(CC(=O)OCC(=O)c2cc(C)n(-c3ccc4c(c3)OCCO4)c2C)C(=O)C1=O. The zero-order valence-corrected chi connectivity index (χ0v) is 19.5. The molecule has 0 radical (unpaired) electrons. The first-order valence-electron chi connectivity index (χ1n) is 11.2. The molecule has 34 heavy (non-hydrogen) atoms. The number of aromatic nitrogens is 1. The molecule has 1 fully saturated rings. The minimum Gasteiger partial charge on any atom is -0.486 e. The van der Waals surface area contributed by atoms with Gasteiger partial charge >= 0.3 is 17.8 Å². The summed E-state index contributed by atoms with van der Waals surface area (Å²) >= 11 is 0. The lowest BCUT2D eigenvalue weighted by Gasteiger charge is -2.32. The molecule has 1 saturated heterocycles. The van der Waals surface area contributed by atoms with Gasteiger partial charge in [-0.15, -0.1) is 0 Å². The number of likely N-dealkylation sites (N-methyl/N-ethyl adjacent to an activating group) is 1. The molecule has 10 nitrogen and oxygen atoms in total. The number of ether oxygens (including phenoxy) is 3. The molecule has 2 aliphatic rings. The van der Waals surface area contributed by atoms with E-state index < -0.39 is 24.4 Å². The number of piperazine rings is 1. The van der Waals surface area contributed by atoms with Gasteiger partial charge in [-0.05, 0) is 39.0 Å². The lowest BCUT2D eigenvalue weighted by Crippen LogP contribution is -2.55. The van der Waals surface area contributed by atoms with Gasteiger partial charge < -0.3 is 28.6 Å². The summed E-state index contributed by atoms with van der Waals surface area (Å²) in [6.45, 7) is 6.67. The van der Waals surface area contributed by atoms with E-state index in [1.54, 1.807) is 13.0 Å². The van der Waals surface area contributed by atoms with E-state index in [4.69, 9.17) is 14.2 Å². The number of carbonyl (C=O) groups is 4. The van der Waals surface area contributed by atoms with Crippen LogP contribution in [-0.4, -0.2) is 83.9 Å². The van der Waals surface area contributed by atoms with Gasteiger partial charge in [-0.3, -0.25) is 19.2 Å². The minimum absolute atomic E-state index is 0.248. The van der Waals surface area contributed by atoms with Crippen molar-refractivity contribution in [3.05, 3.63) is 41.2 Å². The molecule has 1 aromatic carbocycles. The van der Waals surface area contributed by atoms with Crippen molar-refractivity contribution in [1.82, 2.24) is 14.4 Å². The fourth-order valence-electron chi connectivity index (χ4n) is 4.21. The van der Waals surface area contributed by atoms with Crippen LogP contribution in [0.15, 0.2) is 24.3 Å². The summed E-state index contributed by atoms with van der Waals surface area (Å²) in [5, 5.41) is 0. The van der Waals surface area contributed by atoms with Crippen LogP contribution in [0.3, 0.4) is 0 Å². The Morgan fingerprint density at radius 3 is 2.38 bits per heavy atom. The Kier molecular flexibility index (Phi) is 6.58. The van der Waals surface area contributed by atoms with E-state index in [2.05, 4.69) is 0 Å². The normalized spacial score (nSPS) is 15.5. The highest BCUT2D eigenvalue weighted by Crippen LogP contribution is 2.33. The summed E-state index contributed by atoms with van der Waals surface area (Å²) in [5.41, 5.74) is 2.79. The van der Waals surface area contributed by atoms with Crippen LogP contribution in [-0.2, 0) is 19.1 Å². The van der Waals surface area contributed by atoms with Crippen LogP contribution in [0, 0.1) is 13.8 Å². The van der Waals surface area contributed by atoms with Crippen molar-refractivity contribution in [2.45, 2.75) is 20.8 Å². The third-order valence-corrected chi connectivity index (χ3v) is 5.98. The topological polar surface area (TPSA) is 107 Å². The van der Waals surface area contributed by atoms with Crippen molar-refractivity contribution >= 4 is 23.6 Å². The lowest BCUT2D eigenvalue weighted by molar-refractivity contribution is -0.159. The molecular weight excluding hydrogens is 442 g/mol. The van der Waals surface area contributed by atoms with Gasteiger partial charge in [0.15, 0.2) is 18.1 Å². The number of fused-ring (bicyclic) bond motifs is 1. The largest absolute Gasteiger partial charge is 0.486 e. The predicted octanol–water partition coefficient (Wildman–Crippen LogP) is 1.28. The van der Waals surface area contributed by atoms with E-state index in [0.717, 1.165) is 16.3 Å². The molecule has 0 bridgehead atoms. The molecule has 0 N–H and O–H groups in total. The van der Waals surface area contributed by atoms with Crippen molar-refractivity contribution in [2.24, 2.45) is 0 Å². The van der Waals surface area contributed by atoms with Gasteiger partial charge in [-0.2, -0.15) is 0 Å². The molecule has 0 atom stereocenters. The van der Waals surface area contributed by atoms with Gasteiger partial charge in [0.2, 0.25) is 5.78 Å². The molecule has 180 valence electrons. The van der Waals surface area contributed by atoms with E-state index in [1.807, 2.05) is 36.6 Å². The van der Waals surface area contributed by atoms with Crippen LogP contribution < -0.4 is 9.47 Å². The molecule has 0 spiro atoms. The average molecular weight is 469 g/mol. The van der Waals surface area contributed by atoms with E-state index >= 15 is 0 Å². The average Bonchev–Trinajstić information content (AvgIpc) is 3.14. The number of hydrogen-bond donors (Lipinski definition) is 0. The van der Waals surface area contributed by atoms with E-state index in [1.165, 1.54) is 4.90 Å². The van der Waals surface area contributed by atoms with Crippen LogP contribution in [0.4, 0.5) is 0 Å². The van der Waals surface area contributed by atoms with Crippen molar-refractivity contribution in [2.75, 3.05) is 46.0 Å². The number of rotatable bonds is 7. The molecule has 2 aromatic rings. The maximum Gasteiger partial charge on any atom is 0.326 e. The lowest BCUT2D eigenvalue weighted by atomic mass is 10.1. The first-order valence-corrected chi connectivity index (χ1v) is 11.2. The second-order valence-electron chi connectivity index (χ2n) is 8.14. The van der Waals surface area contributed by atoms with Crippen LogP contribution in [0.25, 0.3) is 5.69 Å². The molecule has 2 amide bonds. The third-order valence-electron chi connectivity index (χ3n) is 5.98. The number of amides is 2. The summed E-state index contributed by atoms with van der Waals surface area (Å²) < 4.78 is 18.3. The highest BCUT2D eigenvalue weighted by atomic mass is 16.6. The van der Waals surface area contributed by atoms with Crippen LogP contribution in [0.2, 0.25) is 0 Å². The molecule has 0 aliphatic carbocycles. The molecule has 4 rings (SSSR count). The third kappa shape index (κ3) is 4.48. The Bertz CT molecular complexity index is 1150. The predicted molar refractivity (Wildman–Crippen MR) is 120 cm³/mol. The minimum atomic E-state index is -0.737. The van der Waals surface area contributed by atoms with Gasteiger partial charge in [0.05, 0.1) is 0 Å². The number of esters is 1. The van der Waals surface area contributed by atoms with Gasteiger partial charge in [0, 0.05) is 48.3 Å². The highest BCUT2D eigenvalue weighted by Gasteiger charge is 2.33. The first kappa shape index (κ1) is 23.3. The van der Waals surface area contributed by atoms with Crippen molar-refractivity contribution < 1.29 is 33.4 Å². The maximum atomic E-state index is 12.8. The fourth-order valence-corrected chi connectivity index (χ4v) is 4.21. The smallest absolute Gasteiger partial charge is 0.326 e. The molecule has 3 heterocycles. The van der Waals surface area contributed by atoms with Crippen molar-refractivity contribution in [3.63, 3.8) is 0 Å². The Morgan fingerprint density at radius 2 is 1.65 bits per heavy atom. The number of ketones is 1. The van der Waals surface area contributed by atoms with Crippen LogP contribution in [0.1, 0.15) is 28.7 Å². The number of Topliss-reactive ketones (excluding diaryl/α,β-unsaturated/α-hetero) is 1. The zero-order chi connectivity index (χ0) is 24.4. The summed E-state index contributed by atoms with van der Waals surface area (Å²) in [5.74, 6) is -1.14. The van der Waals surface area contributed by atoms with Gasteiger partial charge in [0.1, 0.15) is 19.8 Å². The summed E-state index contributed by atoms with van der Waals surface area (Å²) in [6.07, 6.45) is 0. The van der Waals surface area contributed by atoms with Gasteiger partial charge in [-0.1, -0.05) is 0 Å². The number of nitrogens with zero attached hydrogens (tertiary/aromatic N) is 3. The Morgan fingerprint density at radius 1 is 0.971 bits per heavy atom. The van der Waals surface area contributed by atoms with E-state index in [0.29, 0.717) is 49.1 Å². The van der Waals surface area contributed by atoms with Gasteiger partial charge in [0.25, 0.3) is 0 Å². The van der Waals surface area contributed by atoms with E-state index in [-0.39, 0.29) is 18.9 Å². The fraction of sp³-hybridized carbons (Fsp3) is 0.417. The quantitative estimate of drug-likeness (QED) is 0.342. The van der Waals surface area contributed by atoms with Crippen molar-refractivity contribution in [3.8, 4) is 17.2 Å². The van der Waals surface area contributed by atoms with Crippen molar-refractivity contribution in [1.29, 1.82) is 0 Å². The Labute approximate surface area is 197 Å². The number of aryl methyl sites for hydroxylation is 1. The molecule has 0 saturated carbocycles. The summed E-state index contributed by atoms with van der Waals surface area (Å²) in [4.78, 5) is 51.7. The second kappa shape index (κ2) is 9.58. The monoisotopic (exact) mass is 469 g/mol.